The summed E-state index contributed by atoms with van der Waals surface area (Å²) in [7, 11) is 0.481. The van der Waals surface area contributed by atoms with Crippen LogP contribution in [0.15, 0.2) is 0 Å². The zero-order chi connectivity index (χ0) is 21.7. The number of rotatable bonds is 20. The second-order valence-corrected chi connectivity index (χ2v) is 9.90. The molecule has 1 unspecified atom stereocenters. The van der Waals surface area contributed by atoms with Crippen molar-refractivity contribution in [2.45, 2.75) is 116 Å². The Hall–Kier alpha value is -0.170. The van der Waals surface area contributed by atoms with Gasteiger partial charge in [-0.3, -0.25) is 4.90 Å². The first-order valence-corrected chi connectivity index (χ1v) is 13.7. The summed E-state index contributed by atoms with van der Waals surface area (Å²) in [5.74, 6) is 2.72. The van der Waals surface area contributed by atoms with E-state index in [1.165, 1.54) is 83.5 Å². The third-order valence-corrected chi connectivity index (χ3v) is 7.09. The number of likely N-dealkylation sites (tertiary alicyclic amines) is 1. The van der Waals surface area contributed by atoms with E-state index in [0.717, 1.165) is 45.5 Å². The van der Waals surface area contributed by atoms with Gasteiger partial charge in [0.2, 0.25) is 0 Å². The van der Waals surface area contributed by atoms with Gasteiger partial charge in [-0.15, -0.1) is 6.42 Å². The van der Waals surface area contributed by atoms with Crippen molar-refractivity contribution in [2.75, 3.05) is 33.4 Å². The molecule has 176 valence electrons. The fourth-order valence-corrected chi connectivity index (χ4v) is 4.97. The van der Waals surface area contributed by atoms with Crippen LogP contribution in [-0.4, -0.2) is 44.4 Å². The predicted octanol–water partition coefficient (Wildman–Crippen LogP) is 7.47. The van der Waals surface area contributed by atoms with Gasteiger partial charge in [-0.05, 0) is 19.3 Å². The molecule has 1 rings (SSSR count). The fourth-order valence-electron chi connectivity index (χ4n) is 3.99. The van der Waals surface area contributed by atoms with Crippen LogP contribution in [0, 0.1) is 12.3 Å². The maximum Gasteiger partial charge on any atom is 0.332 e. The third-order valence-electron chi connectivity index (χ3n) is 5.93. The first-order chi connectivity index (χ1) is 14.8. The summed E-state index contributed by atoms with van der Waals surface area (Å²) in [5, 5.41) is 0. The van der Waals surface area contributed by atoms with E-state index in [2.05, 4.69) is 17.7 Å². The van der Waals surface area contributed by atoms with Crippen molar-refractivity contribution in [3.8, 4) is 12.3 Å². The van der Waals surface area contributed by atoms with Crippen molar-refractivity contribution in [3.05, 3.63) is 0 Å². The summed E-state index contributed by atoms with van der Waals surface area (Å²) < 4.78 is 17.3. The van der Waals surface area contributed by atoms with E-state index >= 15 is 0 Å². The van der Waals surface area contributed by atoms with Crippen molar-refractivity contribution in [3.63, 3.8) is 0 Å². The topological polar surface area (TPSA) is 30.9 Å². The molecule has 0 aliphatic carbocycles. The van der Waals surface area contributed by atoms with Crippen LogP contribution in [0.4, 0.5) is 0 Å². The molecular weight excluding hydrogens is 393 g/mol. The highest BCUT2D eigenvalue weighted by molar-refractivity contribution is 7.41. The number of piperidine rings is 1. The van der Waals surface area contributed by atoms with Crippen LogP contribution in [-0.2, 0) is 13.6 Å². The lowest BCUT2D eigenvalue weighted by Gasteiger charge is -2.31. The molecule has 0 amide bonds. The Balaban J connectivity index is 1.86. The monoisotopic (exact) mass is 441 g/mol. The minimum atomic E-state index is -1.20. The van der Waals surface area contributed by atoms with Crippen molar-refractivity contribution < 1.29 is 13.6 Å². The lowest BCUT2D eigenvalue weighted by atomic mass is 10.0. The Bertz CT molecular complexity index is 408. The third kappa shape index (κ3) is 15.6. The molecule has 0 radical (unpaired) electrons. The summed E-state index contributed by atoms with van der Waals surface area (Å²) in [6, 6.07) is 0. The second-order valence-electron chi connectivity index (χ2n) is 8.62. The Labute approximate surface area is 188 Å². The summed E-state index contributed by atoms with van der Waals surface area (Å²) >= 11 is 0. The molecule has 0 aromatic heterocycles. The SMILES string of the molecule is C#CCN1CCC(OP(OC)OCCCCCCCCCCCCCCCC)CC1. The average molecular weight is 442 g/mol. The molecule has 1 heterocycles. The Morgan fingerprint density at radius 3 is 1.80 bits per heavy atom. The largest absolute Gasteiger partial charge is 0.332 e. The first kappa shape index (κ1) is 27.9. The molecule has 0 spiro atoms. The number of unbranched alkanes of at least 4 members (excludes halogenated alkanes) is 13. The van der Waals surface area contributed by atoms with Gasteiger partial charge in [-0.25, -0.2) is 0 Å². The molecule has 1 aliphatic heterocycles. The van der Waals surface area contributed by atoms with Crippen LogP contribution < -0.4 is 0 Å². The molecule has 0 aromatic carbocycles. The minimum absolute atomic E-state index is 0.237. The zero-order valence-corrected chi connectivity index (χ0v) is 20.8. The maximum absolute atomic E-state index is 6.03. The summed E-state index contributed by atoms with van der Waals surface area (Å²) in [5.41, 5.74) is 0. The smallest absolute Gasteiger partial charge is 0.316 e. The van der Waals surface area contributed by atoms with Gasteiger partial charge in [-0.1, -0.05) is 96.3 Å². The molecule has 1 atom stereocenters. The van der Waals surface area contributed by atoms with E-state index in [9.17, 15) is 0 Å². The molecule has 30 heavy (non-hydrogen) atoms. The summed E-state index contributed by atoms with van der Waals surface area (Å²) in [4.78, 5) is 2.30. The molecule has 0 bridgehead atoms. The van der Waals surface area contributed by atoms with Gasteiger partial charge in [0.15, 0.2) is 0 Å². The van der Waals surface area contributed by atoms with Crippen molar-refractivity contribution in [1.82, 2.24) is 4.90 Å². The normalized spacial score (nSPS) is 16.6. The highest BCUT2D eigenvalue weighted by Crippen LogP contribution is 2.42. The number of nitrogens with zero attached hydrogens (tertiary/aromatic N) is 1. The van der Waals surface area contributed by atoms with Gasteiger partial charge in [0.1, 0.15) is 0 Å². The number of terminal acetylenes is 1. The highest BCUT2D eigenvalue weighted by atomic mass is 31.2. The summed E-state index contributed by atoms with van der Waals surface area (Å²) in [6.07, 6.45) is 26.8. The van der Waals surface area contributed by atoms with Crippen LogP contribution in [0.1, 0.15) is 110 Å². The average Bonchev–Trinajstić information content (AvgIpc) is 2.77. The minimum Gasteiger partial charge on any atom is -0.316 e. The molecule has 4 nitrogen and oxygen atoms in total. The van der Waals surface area contributed by atoms with Crippen molar-refractivity contribution in [1.29, 1.82) is 0 Å². The van der Waals surface area contributed by atoms with Gasteiger partial charge in [0.25, 0.3) is 0 Å². The lowest BCUT2D eigenvalue weighted by Crippen LogP contribution is -2.36. The number of hydrogen-bond donors (Lipinski definition) is 0. The van der Waals surface area contributed by atoms with Crippen molar-refractivity contribution in [2.24, 2.45) is 0 Å². The Morgan fingerprint density at radius 1 is 0.833 bits per heavy atom. The van der Waals surface area contributed by atoms with Gasteiger partial charge >= 0.3 is 8.60 Å². The molecule has 1 saturated heterocycles. The van der Waals surface area contributed by atoms with Crippen LogP contribution in [0.5, 0.6) is 0 Å². The quantitative estimate of drug-likeness (QED) is 0.111. The maximum atomic E-state index is 6.03. The van der Waals surface area contributed by atoms with Gasteiger partial charge in [0.05, 0.1) is 19.3 Å². The van der Waals surface area contributed by atoms with Gasteiger partial charge in [0, 0.05) is 20.2 Å². The molecule has 1 aliphatic rings. The van der Waals surface area contributed by atoms with Gasteiger partial charge < -0.3 is 13.6 Å². The zero-order valence-electron chi connectivity index (χ0n) is 19.9. The molecule has 0 N–H and O–H groups in total. The van der Waals surface area contributed by atoms with Crippen LogP contribution in [0.2, 0.25) is 0 Å². The molecule has 0 saturated carbocycles. The lowest BCUT2D eigenvalue weighted by molar-refractivity contribution is 0.0778. The first-order valence-electron chi connectivity index (χ1n) is 12.6. The predicted molar refractivity (Wildman–Crippen MR) is 130 cm³/mol. The van der Waals surface area contributed by atoms with E-state index in [1.54, 1.807) is 7.11 Å². The van der Waals surface area contributed by atoms with E-state index in [0.29, 0.717) is 0 Å². The van der Waals surface area contributed by atoms with E-state index in [-0.39, 0.29) is 6.10 Å². The second kappa shape index (κ2) is 20.7. The molecule has 0 aromatic rings. The highest BCUT2D eigenvalue weighted by Gasteiger charge is 2.23. The van der Waals surface area contributed by atoms with Gasteiger partial charge in [-0.2, -0.15) is 0 Å². The molecular formula is C25H48NO3P. The molecule has 1 fully saturated rings. The summed E-state index contributed by atoms with van der Waals surface area (Å²) in [6.45, 7) is 5.77. The van der Waals surface area contributed by atoms with Crippen LogP contribution in [0.3, 0.4) is 0 Å². The standard InChI is InChI=1S/C25H48NO3P/c1-4-6-7-8-9-10-11-12-13-14-15-16-17-18-24-28-30(27-3)29-25-19-22-26(21-5-2)23-20-25/h2,25H,4,6-24H2,1,3H3. The Morgan fingerprint density at radius 2 is 1.33 bits per heavy atom. The number of hydrogen-bond acceptors (Lipinski definition) is 4. The van der Waals surface area contributed by atoms with E-state index < -0.39 is 8.60 Å². The van der Waals surface area contributed by atoms with Crippen molar-refractivity contribution >= 4 is 8.60 Å². The van der Waals surface area contributed by atoms with E-state index in [4.69, 9.17) is 20.0 Å². The Kier molecular flexibility index (Phi) is 19.2. The van der Waals surface area contributed by atoms with E-state index in [1.807, 2.05) is 0 Å². The van der Waals surface area contributed by atoms with Crippen LogP contribution >= 0.6 is 8.60 Å². The molecule has 5 heteroatoms. The van der Waals surface area contributed by atoms with Crippen LogP contribution in [0.25, 0.3) is 0 Å². The fraction of sp³-hybridized carbons (Fsp3) is 0.920.